The van der Waals surface area contributed by atoms with E-state index < -0.39 is 6.09 Å². The molecule has 3 N–H and O–H groups in total. The van der Waals surface area contributed by atoms with E-state index >= 15 is 0 Å². The van der Waals surface area contributed by atoms with E-state index in [-0.39, 0.29) is 6.04 Å². The molecule has 0 saturated heterocycles. The Morgan fingerprint density at radius 2 is 2.07 bits per heavy atom. The Balaban J connectivity index is 2.58. The predicted molar refractivity (Wildman–Crippen MR) is 110 cm³/mol. The van der Waals surface area contributed by atoms with Crippen LogP contribution in [0.1, 0.15) is 39.7 Å². The van der Waals surface area contributed by atoms with Gasteiger partial charge in [-0.15, -0.1) is 0 Å². The number of aromatic nitrogens is 1. The summed E-state index contributed by atoms with van der Waals surface area (Å²) < 4.78 is 4.99. The monoisotopic (exact) mass is 397 g/mol. The Hall–Kier alpha value is -2.02. The van der Waals surface area contributed by atoms with Gasteiger partial charge in [0.05, 0.1) is 19.2 Å². The molecule has 0 fully saturated rings. The van der Waals surface area contributed by atoms with Crippen LogP contribution in [0.3, 0.4) is 0 Å². The number of rotatable bonds is 10. The number of carbonyl (C=O) groups excluding carboxylic acids is 1. The first kappa shape index (κ1) is 23.0. The quantitative estimate of drug-likeness (QED) is 0.321. The van der Waals surface area contributed by atoms with Crippen molar-refractivity contribution in [2.24, 2.45) is 10.9 Å². The number of nitrogens with one attached hydrogen (secondary N) is 3. The normalized spacial score (nSPS) is 12.6. The molecule has 1 atom stereocenters. The smallest absolute Gasteiger partial charge is 0.407 e. The van der Waals surface area contributed by atoms with Crippen LogP contribution in [0.5, 0.6) is 0 Å². The first-order valence-corrected chi connectivity index (χ1v) is 9.88. The van der Waals surface area contributed by atoms with Gasteiger partial charge in [0, 0.05) is 19.3 Å². The third kappa shape index (κ3) is 10.7. The minimum absolute atomic E-state index is 0.0695. The van der Waals surface area contributed by atoms with Crippen molar-refractivity contribution in [3.05, 3.63) is 29.0 Å². The maximum Gasteiger partial charge on any atom is 0.407 e. The van der Waals surface area contributed by atoms with Gasteiger partial charge < -0.3 is 20.7 Å². The van der Waals surface area contributed by atoms with Crippen molar-refractivity contribution in [1.29, 1.82) is 0 Å². The van der Waals surface area contributed by atoms with Gasteiger partial charge in [-0.25, -0.2) is 9.78 Å². The lowest BCUT2D eigenvalue weighted by molar-refractivity contribution is 0.147. The number of halogens is 1. The van der Waals surface area contributed by atoms with Crippen LogP contribution in [-0.4, -0.2) is 49.3 Å². The second-order valence-corrected chi connectivity index (χ2v) is 6.96. The van der Waals surface area contributed by atoms with Gasteiger partial charge in [0.1, 0.15) is 5.15 Å². The maximum absolute atomic E-state index is 11.7. The highest BCUT2D eigenvalue weighted by atomic mass is 35.5. The third-order valence-corrected chi connectivity index (χ3v) is 3.89. The highest BCUT2D eigenvalue weighted by Crippen LogP contribution is 2.06. The Morgan fingerprint density at radius 3 is 2.67 bits per heavy atom. The van der Waals surface area contributed by atoms with E-state index in [0.29, 0.717) is 24.2 Å². The average molecular weight is 398 g/mol. The van der Waals surface area contributed by atoms with Crippen LogP contribution in [-0.2, 0) is 11.2 Å². The standard InChI is InChI=1S/C19H32ClN5O2/c1-5-21-18(22-10-9-15-7-8-17(20)23-12-15)24-13-16(11-14(3)4)25-19(26)27-6-2/h7-8,12,14,16H,5-6,9-11,13H2,1-4H3,(H,25,26)(H2,21,22,24). The van der Waals surface area contributed by atoms with Gasteiger partial charge >= 0.3 is 6.09 Å². The molecule has 1 rings (SSSR count). The number of hydrogen-bond donors (Lipinski definition) is 3. The fourth-order valence-corrected chi connectivity index (χ4v) is 2.62. The molecule has 0 aromatic carbocycles. The lowest BCUT2D eigenvalue weighted by atomic mass is 10.0. The van der Waals surface area contributed by atoms with Crippen LogP contribution in [0.25, 0.3) is 0 Å². The first-order chi connectivity index (χ1) is 12.9. The van der Waals surface area contributed by atoms with Crippen LogP contribution >= 0.6 is 11.6 Å². The van der Waals surface area contributed by atoms with E-state index in [4.69, 9.17) is 16.3 Å². The molecule has 1 aromatic heterocycles. The van der Waals surface area contributed by atoms with Crippen molar-refractivity contribution in [2.45, 2.75) is 46.6 Å². The number of alkyl carbamates (subject to hydrolysis) is 1. The number of carbonyl (C=O) groups is 1. The molecule has 0 aliphatic rings. The molecule has 1 aromatic rings. The lowest BCUT2D eigenvalue weighted by Gasteiger charge is -2.19. The van der Waals surface area contributed by atoms with Crippen LogP contribution in [0.4, 0.5) is 4.79 Å². The summed E-state index contributed by atoms with van der Waals surface area (Å²) in [7, 11) is 0. The van der Waals surface area contributed by atoms with E-state index in [1.54, 1.807) is 19.2 Å². The fourth-order valence-electron chi connectivity index (χ4n) is 2.51. The second kappa shape index (κ2) is 13.2. The Labute approximate surface area is 167 Å². The molecule has 0 spiro atoms. The van der Waals surface area contributed by atoms with Crippen LogP contribution in [0.2, 0.25) is 5.15 Å². The zero-order valence-electron chi connectivity index (χ0n) is 16.7. The lowest BCUT2D eigenvalue weighted by Crippen LogP contribution is -2.42. The van der Waals surface area contributed by atoms with Crippen molar-refractivity contribution in [1.82, 2.24) is 20.9 Å². The number of ether oxygens (including phenoxy) is 1. The number of amides is 1. The van der Waals surface area contributed by atoms with E-state index in [9.17, 15) is 4.79 Å². The Bertz CT molecular complexity index is 578. The van der Waals surface area contributed by atoms with Gasteiger partial charge in [0.2, 0.25) is 0 Å². The van der Waals surface area contributed by atoms with Crippen LogP contribution in [0, 0.1) is 5.92 Å². The SMILES string of the molecule is CCNC(=NCC(CC(C)C)NC(=O)OCC)NCCc1ccc(Cl)nc1. The molecule has 1 heterocycles. The molecule has 8 heteroatoms. The van der Waals surface area contributed by atoms with Gasteiger partial charge in [-0.1, -0.05) is 31.5 Å². The summed E-state index contributed by atoms with van der Waals surface area (Å²) in [6, 6.07) is 3.68. The molecule has 0 aliphatic carbocycles. The van der Waals surface area contributed by atoms with Gasteiger partial charge in [-0.2, -0.15) is 0 Å². The van der Waals surface area contributed by atoms with Crippen molar-refractivity contribution in [2.75, 3.05) is 26.2 Å². The summed E-state index contributed by atoms with van der Waals surface area (Å²) in [5.41, 5.74) is 1.10. The minimum Gasteiger partial charge on any atom is -0.450 e. The second-order valence-electron chi connectivity index (χ2n) is 6.58. The van der Waals surface area contributed by atoms with Crippen molar-refractivity contribution in [3.63, 3.8) is 0 Å². The summed E-state index contributed by atoms with van der Waals surface area (Å²) in [5.74, 6) is 1.17. The van der Waals surface area contributed by atoms with Crippen molar-refractivity contribution in [3.8, 4) is 0 Å². The minimum atomic E-state index is -0.397. The van der Waals surface area contributed by atoms with E-state index in [0.717, 1.165) is 37.5 Å². The molecule has 0 saturated carbocycles. The van der Waals surface area contributed by atoms with Gasteiger partial charge in [0.25, 0.3) is 0 Å². The highest BCUT2D eigenvalue weighted by molar-refractivity contribution is 6.29. The molecular formula is C19H32ClN5O2. The van der Waals surface area contributed by atoms with Gasteiger partial charge in [0.15, 0.2) is 5.96 Å². The molecule has 7 nitrogen and oxygen atoms in total. The van der Waals surface area contributed by atoms with Crippen molar-refractivity contribution >= 4 is 23.7 Å². The first-order valence-electron chi connectivity index (χ1n) is 9.50. The number of guanidine groups is 1. The number of pyridine rings is 1. The third-order valence-electron chi connectivity index (χ3n) is 3.66. The molecule has 152 valence electrons. The van der Waals surface area contributed by atoms with E-state index in [1.165, 1.54) is 0 Å². The van der Waals surface area contributed by atoms with Gasteiger partial charge in [-0.3, -0.25) is 4.99 Å². The molecular weight excluding hydrogens is 366 g/mol. The molecule has 1 unspecified atom stereocenters. The topological polar surface area (TPSA) is 87.6 Å². The summed E-state index contributed by atoms with van der Waals surface area (Å²) in [4.78, 5) is 20.4. The number of nitrogens with zero attached hydrogens (tertiary/aromatic N) is 2. The zero-order valence-corrected chi connectivity index (χ0v) is 17.5. The summed E-state index contributed by atoms with van der Waals surface area (Å²) in [6.07, 6.45) is 3.02. The van der Waals surface area contributed by atoms with E-state index in [1.807, 2.05) is 13.0 Å². The maximum atomic E-state index is 11.7. The number of hydrogen-bond acceptors (Lipinski definition) is 4. The van der Waals surface area contributed by atoms with E-state index in [2.05, 4.69) is 39.8 Å². The average Bonchev–Trinajstić information content (AvgIpc) is 2.61. The summed E-state index contributed by atoms with van der Waals surface area (Å²) in [6.45, 7) is 10.4. The predicted octanol–water partition coefficient (Wildman–Crippen LogP) is 2.99. The molecule has 1 amide bonds. The fraction of sp³-hybridized carbons (Fsp3) is 0.632. The Morgan fingerprint density at radius 1 is 1.30 bits per heavy atom. The van der Waals surface area contributed by atoms with Crippen LogP contribution < -0.4 is 16.0 Å². The van der Waals surface area contributed by atoms with Gasteiger partial charge in [-0.05, 0) is 44.2 Å². The molecule has 0 radical (unpaired) electrons. The summed E-state index contributed by atoms with van der Waals surface area (Å²) >= 11 is 5.81. The highest BCUT2D eigenvalue weighted by Gasteiger charge is 2.14. The molecule has 0 aliphatic heterocycles. The zero-order chi connectivity index (χ0) is 20.1. The van der Waals surface area contributed by atoms with Crippen LogP contribution in [0.15, 0.2) is 23.3 Å². The van der Waals surface area contributed by atoms with Crippen molar-refractivity contribution < 1.29 is 9.53 Å². The molecule has 0 bridgehead atoms. The molecule has 27 heavy (non-hydrogen) atoms. The Kier molecular flexibility index (Phi) is 11.2. The number of aliphatic imine (C=N–C) groups is 1. The largest absolute Gasteiger partial charge is 0.450 e. The summed E-state index contributed by atoms with van der Waals surface area (Å²) in [5, 5.41) is 9.91.